The third kappa shape index (κ3) is 2.13. The van der Waals surface area contributed by atoms with Gasteiger partial charge in [-0.25, -0.2) is 4.79 Å². The summed E-state index contributed by atoms with van der Waals surface area (Å²) in [6.07, 6.45) is 0.344. The summed E-state index contributed by atoms with van der Waals surface area (Å²) in [6.45, 7) is 2.08. The van der Waals surface area contributed by atoms with E-state index in [0.29, 0.717) is 40.6 Å². The van der Waals surface area contributed by atoms with E-state index >= 15 is 0 Å². The molecule has 23 heavy (non-hydrogen) atoms. The molecule has 6 nitrogen and oxygen atoms in total. The fraction of sp³-hybridized carbons (Fsp3) is 0.312. The fourth-order valence-electron chi connectivity index (χ4n) is 3.18. The Morgan fingerprint density at radius 1 is 1.39 bits per heavy atom. The van der Waals surface area contributed by atoms with Gasteiger partial charge in [0.15, 0.2) is 0 Å². The first-order valence-electron chi connectivity index (χ1n) is 7.29. The van der Waals surface area contributed by atoms with Gasteiger partial charge in [-0.1, -0.05) is 35.0 Å². The first-order chi connectivity index (χ1) is 11.1. The van der Waals surface area contributed by atoms with Crippen LogP contribution in [0, 0.1) is 6.92 Å². The van der Waals surface area contributed by atoms with Crippen LogP contribution in [0.15, 0.2) is 28.8 Å². The minimum absolute atomic E-state index is 0.208. The zero-order valence-electron chi connectivity index (χ0n) is 12.3. The van der Waals surface area contributed by atoms with Crippen molar-refractivity contribution >= 4 is 23.5 Å². The van der Waals surface area contributed by atoms with Gasteiger partial charge in [0, 0.05) is 12.0 Å². The SMILES string of the molecule is Cc1onc(-c2ccccc2Cl)c1C(=O)N1CC2CC1C(=O)O2. The lowest BCUT2D eigenvalue weighted by atomic mass is 10.0. The van der Waals surface area contributed by atoms with E-state index in [1.807, 2.05) is 6.07 Å². The van der Waals surface area contributed by atoms with Gasteiger partial charge in [0.25, 0.3) is 5.91 Å². The number of likely N-dealkylation sites (tertiary alicyclic amines) is 1. The summed E-state index contributed by atoms with van der Waals surface area (Å²) in [5, 5.41) is 4.48. The molecular formula is C16H13ClN2O4. The first-order valence-corrected chi connectivity index (χ1v) is 7.66. The number of morpholine rings is 1. The molecule has 7 heteroatoms. The zero-order chi connectivity index (χ0) is 16.1. The van der Waals surface area contributed by atoms with E-state index in [9.17, 15) is 9.59 Å². The van der Waals surface area contributed by atoms with Crippen molar-refractivity contribution in [1.29, 1.82) is 0 Å². The lowest BCUT2D eigenvalue weighted by molar-refractivity contribution is -0.149. The molecule has 1 aromatic heterocycles. The van der Waals surface area contributed by atoms with Crippen molar-refractivity contribution in [2.75, 3.05) is 6.54 Å². The number of ether oxygens (including phenoxy) is 1. The van der Waals surface area contributed by atoms with Gasteiger partial charge in [-0.2, -0.15) is 0 Å². The van der Waals surface area contributed by atoms with Crippen molar-refractivity contribution in [2.24, 2.45) is 0 Å². The van der Waals surface area contributed by atoms with Crippen LogP contribution in [0.2, 0.25) is 5.02 Å². The summed E-state index contributed by atoms with van der Waals surface area (Å²) in [4.78, 5) is 26.2. The minimum Gasteiger partial charge on any atom is -0.459 e. The molecule has 2 aliphatic heterocycles. The number of hydrogen-bond acceptors (Lipinski definition) is 5. The Hall–Kier alpha value is -2.34. The molecule has 1 amide bonds. The quantitative estimate of drug-likeness (QED) is 0.790. The summed E-state index contributed by atoms with van der Waals surface area (Å²) >= 11 is 6.21. The first kappa shape index (κ1) is 14.3. The van der Waals surface area contributed by atoms with Gasteiger partial charge >= 0.3 is 5.97 Å². The third-order valence-corrected chi connectivity index (χ3v) is 4.61. The highest BCUT2D eigenvalue weighted by Gasteiger charge is 2.49. The summed E-state index contributed by atoms with van der Waals surface area (Å²) < 4.78 is 10.3. The second-order valence-electron chi connectivity index (χ2n) is 5.71. The average molecular weight is 333 g/mol. The van der Waals surface area contributed by atoms with Crippen LogP contribution in [0.4, 0.5) is 0 Å². The molecule has 118 valence electrons. The zero-order valence-corrected chi connectivity index (χ0v) is 13.0. The standard InChI is InChI=1S/C16H13ClN2O4/c1-8-13(14(18-23-8)10-4-2-3-5-11(10)17)15(20)19-7-9-6-12(19)16(21)22-9/h2-5,9,12H,6-7H2,1H3. The molecule has 0 radical (unpaired) electrons. The van der Waals surface area contributed by atoms with Crippen LogP contribution in [-0.4, -0.2) is 40.6 Å². The van der Waals surface area contributed by atoms with E-state index in [0.717, 1.165) is 0 Å². The van der Waals surface area contributed by atoms with Crippen molar-refractivity contribution in [3.8, 4) is 11.3 Å². The largest absolute Gasteiger partial charge is 0.459 e. The molecule has 2 fully saturated rings. The monoisotopic (exact) mass is 332 g/mol. The van der Waals surface area contributed by atoms with Crippen molar-refractivity contribution in [2.45, 2.75) is 25.5 Å². The van der Waals surface area contributed by atoms with Gasteiger partial charge in [0.1, 0.15) is 29.2 Å². The number of rotatable bonds is 2. The van der Waals surface area contributed by atoms with Crippen LogP contribution in [-0.2, 0) is 9.53 Å². The number of halogens is 1. The molecule has 2 saturated heterocycles. The van der Waals surface area contributed by atoms with Crippen LogP contribution < -0.4 is 0 Å². The number of carbonyl (C=O) groups excluding carboxylic acids is 2. The van der Waals surface area contributed by atoms with Gasteiger partial charge in [-0.05, 0) is 13.0 Å². The van der Waals surface area contributed by atoms with Gasteiger partial charge in [-0.3, -0.25) is 4.79 Å². The normalized spacial score (nSPS) is 22.5. The van der Waals surface area contributed by atoms with Gasteiger partial charge in [-0.15, -0.1) is 0 Å². The van der Waals surface area contributed by atoms with Crippen molar-refractivity contribution in [3.05, 3.63) is 40.6 Å². The summed E-state index contributed by atoms with van der Waals surface area (Å²) in [6, 6.07) is 6.61. The highest BCUT2D eigenvalue weighted by Crippen LogP contribution is 2.35. The lowest BCUT2D eigenvalue weighted by Crippen LogP contribution is -2.44. The topological polar surface area (TPSA) is 72.6 Å². The van der Waals surface area contributed by atoms with E-state index in [2.05, 4.69) is 5.16 Å². The average Bonchev–Trinajstić information content (AvgIpc) is 3.20. The maximum Gasteiger partial charge on any atom is 0.329 e. The van der Waals surface area contributed by atoms with E-state index in [4.69, 9.17) is 20.9 Å². The summed E-state index contributed by atoms with van der Waals surface area (Å²) in [5.41, 5.74) is 1.37. The Bertz CT molecular complexity index is 816. The van der Waals surface area contributed by atoms with Crippen LogP contribution in [0.1, 0.15) is 22.5 Å². The van der Waals surface area contributed by atoms with Crippen LogP contribution in [0.3, 0.4) is 0 Å². The molecule has 0 aliphatic carbocycles. The number of esters is 1. The molecule has 1 aromatic carbocycles. The molecule has 0 saturated carbocycles. The van der Waals surface area contributed by atoms with Crippen LogP contribution in [0.25, 0.3) is 11.3 Å². The Morgan fingerprint density at radius 2 is 2.17 bits per heavy atom. The van der Waals surface area contributed by atoms with E-state index in [1.165, 1.54) is 4.90 Å². The Labute approximate surface area is 136 Å². The van der Waals surface area contributed by atoms with Crippen molar-refractivity contribution < 1.29 is 18.8 Å². The second kappa shape index (κ2) is 5.09. The Kier molecular flexibility index (Phi) is 3.16. The predicted octanol–water partition coefficient (Wildman–Crippen LogP) is 2.44. The lowest BCUT2D eigenvalue weighted by Gasteiger charge is -2.25. The number of fused-ring (bicyclic) bond motifs is 2. The molecule has 2 unspecified atom stereocenters. The second-order valence-corrected chi connectivity index (χ2v) is 6.12. The van der Waals surface area contributed by atoms with E-state index < -0.39 is 6.04 Å². The Morgan fingerprint density at radius 3 is 2.87 bits per heavy atom. The molecule has 3 heterocycles. The number of aryl methyl sites for hydroxylation is 1. The van der Waals surface area contributed by atoms with Crippen molar-refractivity contribution in [1.82, 2.24) is 10.1 Å². The fourth-order valence-corrected chi connectivity index (χ4v) is 3.40. The van der Waals surface area contributed by atoms with E-state index in [1.54, 1.807) is 25.1 Å². The maximum atomic E-state index is 12.9. The summed E-state index contributed by atoms with van der Waals surface area (Å²) in [5.74, 6) is -0.216. The number of aromatic nitrogens is 1. The molecule has 2 aliphatic rings. The molecule has 2 atom stereocenters. The van der Waals surface area contributed by atoms with Crippen LogP contribution in [0.5, 0.6) is 0 Å². The molecule has 2 aromatic rings. The highest BCUT2D eigenvalue weighted by molar-refractivity contribution is 6.33. The van der Waals surface area contributed by atoms with Crippen molar-refractivity contribution in [3.63, 3.8) is 0 Å². The number of benzene rings is 1. The van der Waals surface area contributed by atoms with Crippen LogP contribution >= 0.6 is 11.6 Å². The molecule has 4 rings (SSSR count). The molecule has 0 spiro atoms. The summed E-state index contributed by atoms with van der Waals surface area (Å²) in [7, 11) is 0. The number of amides is 1. The smallest absolute Gasteiger partial charge is 0.329 e. The molecule has 0 N–H and O–H groups in total. The number of hydrogen-bond donors (Lipinski definition) is 0. The minimum atomic E-state index is -0.513. The molecular weight excluding hydrogens is 320 g/mol. The van der Waals surface area contributed by atoms with Gasteiger partial charge in [0.05, 0.1) is 11.6 Å². The highest BCUT2D eigenvalue weighted by atomic mass is 35.5. The van der Waals surface area contributed by atoms with Gasteiger partial charge in [0.2, 0.25) is 0 Å². The third-order valence-electron chi connectivity index (χ3n) is 4.28. The van der Waals surface area contributed by atoms with E-state index in [-0.39, 0.29) is 18.0 Å². The predicted molar refractivity (Wildman–Crippen MR) is 81.0 cm³/mol. The number of nitrogens with zero attached hydrogens (tertiary/aromatic N) is 2. The van der Waals surface area contributed by atoms with Gasteiger partial charge < -0.3 is 14.2 Å². The Balaban J connectivity index is 1.75. The molecule has 2 bridgehead atoms. The number of carbonyl (C=O) groups is 2. The maximum absolute atomic E-state index is 12.9.